The molecule has 0 spiro atoms. The summed E-state index contributed by atoms with van der Waals surface area (Å²) in [4.78, 5) is 12.3. The molecule has 0 bridgehead atoms. The molecule has 3 nitrogen and oxygen atoms in total. The van der Waals surface area contributed by atoms with Crippen molar-refractivity contribution in [3.05, 3.63) is 95.1 Å². The Labute approximate surface area is 148 Å². The van der Waals surface area contributed by atoms with E-state index in [4.69, 9.17) is 4.74 Å². The van der Waals surface area contributed by atoms with Gasteiger partial charge in [0, 0.05) is 11.3 Å². The molecule has 3 aromatic rings. The van der Waals surface area contributed by atoms with Gasteiger partial charge >= 0.3 is 0 Å². The van der Waals surface area contributed by atoms with Crippen LogP contribution in [0, 0.1) is 13.8 Å². The molecule has 0 unspecified atom stereocenters. The number of rotatable bonds is 5. The second kappa shape index (κ2) is 7.67. The average Bonchev–Trinajstić information content (AvgIpc) is 2.61. The van der Waals surface area contributed by atoms with E-state index < -0.39 is 0 Å². The van der Waals surface area contributed by atoms with Crippen molar-refractivity contribution in [2.24, 2.45) is 0 Å². The smallest absolute Gasteiger partial charge is 0.255 e. The zero-order chi connectivity index (χ0) is 17.6. The fourth-order valence-corrected chi connectivity index (χ4v) is 2.63. The van der Waals surface area contributed by atoms with E-state index in [2.05, 4.69) is 24.4 Å². The van der Waals surface area contributed by atoms with Crippen molar-refractivity contribution >= 4 is 11.6 Å². The number of carbonyl (C=O) groups is 1. The summed E-state index contributed by atoms with van der Waals surface area (Å²) in [6.45, 7) is 4.52. The first kappa shape index (κ1) is 16.8. The Hall–Kier alpha value is -3.07. The predicted molar refractivity (Wildman–Crippen MR) is 101 cm³/mol. The Morgan fingerprint density at radius 3 is 2.40 bits per heavy atom. The van der Waals surface area contributed by atoms with Crippen LogP contribution in [0.25, 0.3) is 0 Å². The molecular weight excluding hydrogens is 310 g/mol. The summed E-state index contributed by atoms with van der Waals surface area (Å²) in [5.41, 5.74) is 4.74. The third-order valence-corrected chi connectivity index (χ3v) is 3.99. The molecule has 3 aromatic carbocycles. The van der Waals surface area contributed by atoms with E-state index in [0.29, 0.717) is 12.2 Å². The Morgan fingerprint density at radius 2 is 1.68 bits per heavy atom. The fraction of sp³-hybridized carbons (Fsp3) is 0.136. The molecular formula is C22H21NO2. The van der Waals surface area contributed by atoms with Crippen LogP contribution in [0.15, 0.2) is 72.8 Å². The van der Waals surface area contributed by atoms with Gasteiger partial charge in [-0.2, -0.15) is 0 Å². The highest BCUT2D eigenvalue weighted by Gasteiger charge is 2.08. The van der Waals surface area contributed by atoms with E-state index in [-0.39, 0.29) is 5.91 Å². The first-order valence-electron chi connectivity index (χ1n) is 8.27. The van der Waals surface area contributed by atoms with Crippen LogP contribution in [0.2, 0.25) is 0 Å². The maximum Gasteiger partial charge on any atom is 0.255 e. The molecule has 0 fully saturated rings. The molecule has 0 aliphatic heterocycles. The van der Waals surface area contributed by atoms with E-state index in [1.807, 2.05) is 67.6 Å². The van der Waals surface area contributed by atoms with Crippen LogP contribution in [0.4, 0.5) is 5.69 Å². The molecule has 0 radical (unpaired) electrons. The first-order valence-corrected chi connectivity index (χ1v) is 8.27. The quantitative estimate of drug-likeness (QED) is 0.703. The van der Waals surface area contributed by atoms with Gasteiger partial charge in [0.1, 0.15) is 12.4 Å². The van der Waals surface area contributed by atoms with Gasteiger partial charge in [0.25, 0.3) is 5.91 Å². The lowest BCUT2D eigenvalue weighted by Gasteiger charge is -2.10. The topological polar surface area (TPSA) is 38.3 Å². The summed E-state index contributed by atoms with van der Waals surface area (Å²) in [6.07, 6.45) is 0. The fourth-order valence-electron chi connectivity index (χ4n) is 2.63. The highest BCUT2D eigenvalue weighted by atomic mass is 16.5. The van der Waals surface area contributed by atoms with E-state index >= 15 is 0 Å². The monoisotopic (exact) mass is 331 g/mol. The third kappa shape index (κ3) is 4.48. The summed E-state index contributed by atoms with van der Waals surface area (Å²) in [5, 5.41) is 2.91. The zero-order valence-corrected chi connectivity index (χ0v) is 14.5. The lowest BCUT2D eigenvalue weighted by molar-refractivity contribution is 0.102. The predicted octanol–water partition coefficient (Wildman–Crippen LogP) is 5.13. The molecule has 1 N–H and O–H groups in total. The van der Waals surface area contributed by atoms with Crippen molar-refractivity contribution in [2.75, 3.05) is 5.32 Å². The molecule has 25 heavy (non-hydrogen) atoms. The van der Waals surface area contributed by atoms with Crippen LogP contribution in [0.5, 0.6) is 5.75 Å². The van der Waals surface area contributed by atoms with Gasteiger partial charge < -0.3 is 10.1 Å². The number of aryl methyl sites for hydroxylation is 2. The van der Waals surface area contributed by atoms with E-state index in [0.717, 1.165) is 22.6 Å². The van der Waals surface area contributed by atoms with E-state index in [1.165, 1.54) is 5.56 Å². The highest BCUT2D eigenvalue weighted by Crippen LogP contribution is 2.18. The summed E-state index contributed by atoms with van der Waals surface area (Å²) < 4.78 is 5.80. The van der Waals surface area contributed by atoms with Crippen LogP contribution >= 0.6 is 0 Å². The summed E-state index contributed by atoms with van der Waals surface area (Å²) in [6, 6.07) is 23.2. The number of amides is 1. The van der Waals surface area contributed by atoms with Gasteiger partial charge in [0.2, 0.25) is 0 Å². The number of carbonyl (C=O) groups excluding carboxylic acids is 1. The molecule has 0 aliphatic rings. The minimum absolute atomic E-state index is 0.105. The summed E-state index contributed by atoms with van der Waals surface area (Å²) in [5.74, 6) is 0.668. The molecule has 0 heterocycles. The number of hydrogen-bond acceptors (Lipinski definition) is 2. The second-order valence-corrected chi connectivity index (χ2v) is 6.07. The van der Waals surface area contributed by atoms with Crippen molar-refractivity contribution in [1.82, 2.24) is 0 Å². The maximum absolute atomic E-state index is 12.3. The number of nitrogens with one attached hydrogen (secondary N) is 1. The average molecular weight is 331 g/mol. The lowest BCUT2D eigenvalue weighted by Crippen LogP contribution is -2.13. The number of ether oxygens (including phenoxy) is 1. The SMILES string of the molecule is Cc1cccc(COc2ccc(NC(=O)c3ccccc3C)cc2)c1. The summed E-state index contributed by atoms with van der Waals surface area (Å²) in [7, 11) is 0. The first-order chi connectivity index (χ1) is 12.1. The Bertz CT molecular complexity index is 869. The highest BCUT2D eigenvalue weighted by molar-refractivity contribution is 6.05. The van der Waals surface area contributed by atoms with Gasteiger partial charge in [-0.3, -0.25) is 4.79 Å². The standard InChI is InChI=1S/C22H21NO2/c1-16-6-5-8-18(14-16)15-25-20-12-10-19(11-13-20)23-22(24)21-9-4-3-7-17(21)2/h3-14H,15H2,1-2H3,(H,23,24). The van der Waals surface area contributed by atoms with Crippen LogP contribution < -0.4 is 10.1 Å². The molecule has 0 atom stereocenters. The van der Waals surface area contributed by atoms with Crippen molar-refractivity contribution in [2.45, 2.75) is 20.5 Å². The van der Waals surface area contributed by atoms with Gasteiger partial charge in [0.15, 0.2) is 0 Å². The van der Waals surface area contributed by atoms with Gasteiger partial charge in [-0.25, -0.2) is 0 Å². The van der Waals surface area contributed by atoms with Crippen LogP contribution in [-0.4, -0.2) is 5.91 Å². The third-order valence-electron chi connectivity index (χ3n) is 3.99. The lowest BCUT2D eigenvalue weighted by atomic mass is 10.1. The Morgan fingerprint density at radius 1 is 0.920 bits per heavy atom. The van der Waals surface area contributed by atoms with Gasteiger partial charge in [-0.05, 0) is 55.3 Å². The number of anilines is 1. The molecule has 3 rings (SSSR count). The molecule has 1 amide bonds. The minimum Gasteiger partial charge on any atom is -0.489 e. The zero-order valence-electron chi connectivity index (χ0n) is 14.5. The van der Waals surface area contributed by atoms with Crippen molar-refractivity contribution in [3.8, 4) is 5.75 Å². The Kier molecular flexibility index (Phi) is 5.14. The maximum atomic E-state index is 12.3. The van der Waals surface area contributed by atoms with Gasteiger partial charge in [-0.15, -0.1) is 0 Å². The largest absolute Gasteiger partial charge is 0.489 e. The van der Waals surface area contributed by atoms with Crippen LogP contribution in [0.3, 0.4) is 0 Å². The van der Waals surface area contributed by atoms with Crippen molar-refractivity contribution in [3.63, 3.8) is 0 Å². The summed E-state index contributed by atoms with van der Waals surface area (Å²) >= 11 is 0. The molecule has 3 heteroatoms. The Balaban J connectivity index is 1.60. The van der Waals surface area contributed by atoms with Crippen molar-refractivity contribution in [1.29, 1.82) is 0 Å². The molecule has 0 saturated carbocycles. The molecule has 0 aliphatic carbocycles. The van der Waals surface area contributed by atoms with E-state index in [9.17, 15) is 4.79 Å². The second-order valence-electron chi connectivity index (χ2n) is 6.07. The molecule has 126 valence electrons. The van der Waals surface area contributed by atoms with Crippen molar-refractivity contribution < 1.29 is 9.53 Å². The van der Waals surface area contributed by atoms with E-state index in [1.54, 1.807) is 0 Å². The number of hydrogen-bond donors (Lipinski definition) is 1. The number of benzene rings is 3. The van der Waals surface area contributed by atoms with Gasteiger partial charge in [0.05, 0.1) is 0 Å². The molecule has 0 saturated heterocycles. The normalized spacial score (nSPS) is 10.3. The van der Waals surface area contributed by atoms with Crippen LogP contribution in [0.1, 0.15) is 27.0 Å². The minimum atomic E-state index is -0.105. The van der Waals surface area contributed by atoms with Crippen LogP contribution in [-0.2, 0) is 6.61 Å². The molecule has 0 aromatic heterocycles. The van der Waals surface area contributed by atoms with Gasteiger partial charge in [-0.1, -0.05) is 48.0 Å².